The minimum absolute atomic E-state index is 0.205. The fourth-order valence-electron chi connectivity index (χ4n) is 3.62. The van der Waals surface area contributed by atoms with Crippen molar-refractivity contribution in [3.63, 3.8) is 0 Å². The summed E-state index contributed by atoms with van der Waals surface area (Å²) in [6, 6.07) is 16.8. The van der Waals surface area contributed by atoms with Gasteiger partial charge in [0.15, 0.2) is 0 Å². The number of nitrogens with zero attached hydrogens (tertiary/aromatic N) is 1. The average molecular weight is 441 g/mol. The molecule has 0 bridgehead atoms. The molecule has 0 spiro atoms. The number of para-hydroxylation sites is 2. The van der Waals surface area contributed by atoms with E-state index >= 15 is 0 Å². The molecule has 3 aromatic rings. The fraction of sp³-hybridized carbons (Fsp3) is 0.208. The van der Waals surface area contributed by atoms with Crippen LogP contribution >= 0.6 is 23.2 Å². The van der Waals surface area contributed by atoms with Gasteiger partial charge in [-0.1, -0.05) is 35.3 Å². The maximum Gasteiger partial charge on any atom is 0.248 e. The lowest BCUT2D eigenvalue weighted by molar-refractivity contribution is -0.111. The maximum atomic E-state index is 12.5. The van der Waals surface area contributed by atoms with Crippen LogP contribution in [0.15, 0.2) is 65.1 Å². The van der Waals surface area contributed by atoms with Crippen molar-refractivity contribution < 1.29 is 9.21 Å². The van der Waals surface area contributed by atoms with Gasteiger partial charge in [0.25, 0.3) is 0 Å². The van der Waals surface area contributed by atoms with Crippen LogP contribution in [0.5, 0.6) is 0 Å². The molecule has 1 fully saturated rings. The van der Waals surface area contributed by atoms with E-state index in [0.717, 1.165) is 30.0 Å². The van der Waals surface area contributed by atoms with Crippen LogP contribution in [-0.2, 0) is 4.79 Å². The van der Waals surface area contributed by atoms with Gasteiger partial charge in [0.2, 0.25) is 5.91 Å². The number of carbonyl (C=O) groups is 1. The molecule has 154 valence electrons. The number of carbonyl (C=O) groups excluding carboxylic acids is 1. The van der Waals surface area contributed by atoms with Crippen molar-refractivity contribution in [3.05, 3.63) is 76.5 Å². The van der Waals surface area contributed by atoms with Crippen LogP contribution in [0.1, 0.15) is 25.0 Å². The van der Waals surface area contributed by atoms with E-state index in [-0.39, 0.29) is 5.91 Å². The van der Waals surface area contributed by atoms with Crippen molar-refractivity contribution in [1.29, 1.82) is 0 Å². The summed E-state index contributed by atoms with van der Waals surface area (Å²) in [4.78, 5) is 14.8. The lowest BCUT2D eigenvalue weighted by Crippen LogP contribution is -2.30. The van der Waals surface area contributed by atoms with Gasteiger partial charge >= 0.3 is 0 Å². The van der Waals surface area contributed by atoms with E-state index in [4.69, 9.17) is 27.6 Å². The molecule has 1 aliphatic rings. The number of nitrogens with one attached hydrogen (secondary N) is 1. The molecule has 4 rings (SSSR count). The molecule has 0 radical (unpaired) electrons. The van der Waals surface area contributed by atoms with Gasteiger partial charge in [-0.25, -0.2) is 0 Å². The minimum Gasteiger partial charge on any atom is -0.457 e. The number of piperidine rings is 1. The van der Waals surface area contributed by atoms with E-state index in [9.17, 15) is 4.79 Å². The Morgan fingerprint density at radius 2 is 1.70 bits per heavy atom. The second-order valence-electron chi connectivity index (χ2n) is 7.25. The van der Waals surface area contributed by atoms with Crippen LogP contribution in [0, 0.1) is 0 Å². The van der Waals surface area contributed by atoms with Crippen molar-refractivity contribution in [3.8, 4) is 11.3 Å². The van der Waals surface area contributed by atoms with Crippen LogP contribution < -0.4 is 10.2 Å². The largest absolute Gasteiger partial charge is 0.457 e. The number of hydrogen-bond donors (Lipinski definition) is 1. The molecule has 6 heteroatoms. The number of anilines is 2. The first-order valence-electron chi connectivity index (χ1n) is 9.98. The zero-order valence-corrected chi connectivity index (χ0v) is 17.9. The van der Waals surface area contributed by atoms with Gasteiger partial charge in [-0.05, 0) is 67.8 Å². The summed E-state index contributed by atoms with van der Waals surface area (Å²) in [7, 11) is 0. The maximum absolute atomic E-state index is 12.5. The third-order valence-corrected chi connectivity index (χ3v) is 5.47. The van der Waals surface area contributed by atoms with Gasteiger partial charge in [0, 0.05) is 34.8 Å². The van der Waals surface area contributed by atoms with Crippen LogP contribution in [0.2, 0.25) is 10.0 Å². The van der Waals surface area contributed by atoms with Gasteiger partial charge in [-0.3, -0.25) is 4.79 Å². The highest BCUT2D eigenvalue weighted by molar-refractivity contribution is 6.35. The Balaban J connectivity index is 1.44. The monoisotopic (exact) mass is 440 g/mol. The van der Waals surface area contributed by atoms with E-state index in [1.165, 1.54) is 25.3 Å². The van der Waals surface area contributed by atoms with Crippen LogP contribution in [0.4, 0.5) is 11.4 Å². The quantitative estimate of drug-likeness (QED) is 0.438. The smallest absolute Gasteiger partial charge is 0.248 e. The summed E-state index contributed by atoms with van der Waals surface area (Å²) < 4.78 is 5.81. The second kappa shape index (κ2) is 9.41. The molecule has 1 amide bonds. The summed E-state index contributed by atoms with van der Waals surface area (Å²) in [5, 5.41) is 4.07. The summed E-state index contributed by atoms with van der Waals surface area (Å²) >= 11 is 12.1. The normalized spacial score (nSPS) is 14.3. The molecular weight excluding hydrogens is 419 g/mol. The molecule has 0 unspecified atom stereocenters. The Morgan fingerprint density at radius 1 is 0.967 bits per heavy atom. The Labute approximate surface area is 186 Å². The van der Waals surface area contributed by atoms with E-state index < -0.39 is 0 Å². The molecule has 30 heavy (non-hydrogen) atoms. The summed E-state index contributed by atoms with van der Waals surface area (Å²) in [6.07, 6.45) is 6.75. The molecule has 0 saturated carbocycles. The lowest BCUT2D eigenvalue weighted by atomic mass is 10.1. The van der Waals surface area contributed by atoms with Crippen LogP contribution in [0.25, 0.3) is 17.4 Å². The Kier molecular flexibility index (Phi) is 6.46. The average Bonchev–Trinajstić information content (AvgIpc) is 3.22. The molecule has 0 atom stereocenters. The number of hydrogen-bond acceptors (Lipinski definition) is 3. The van der Waals surface area contributed by atoms with Crippen molar-refractivity contribution >= 4 is 46.6 Å². The highest BCUT2D eigenvalue weighted by atomic mass is 35.5. The lowest BCUT2D eigenvalue weighted by Gasteiger charge is -2.30. The fourth-order valence-corrected chi connectivity index (χ4v) is 4.14. The van der Waals surface area contributed by atoms with E-state index in [2.05, 4.69) is 16.3 Å². The zero-order chi connectivity index (χ0) is 20.9. The molecule has 4 nitrogen and oxygen atoms in total. The molecule has 1 N–H and O–H groups in total. The number of rotatable bonds is 5. The molecule has 0 aliphatic carbocycles. The van der Waals surface area contributed by atoms with Gasteiger partial charge in [0.05, 0.1) is 11.4 Å². The molecule has 2 heterocycles. The Bertz CT molecular complexity index is 1050. The van der Waals surface area contributed by atoms with E-state index in [0.29, 0.717) is 21.6 Å². The topological polar surface area (TPSA) is 45.5 Å². The first-order chi connectivity index (χ1) is 14.6. The van der Waals surface area contributed by atoms with Gasteiger partial charge in [-0.15, -0.1) is 0 Å². The van der Waals surface area contributed by atoms with Gasteiger partial charge in [0.1, 0.15) is 11.5 Å². The van der Waals surface area contributed by atoms with Crippen molar-refractivity contribution in [2.75, 3.05) is 23.3 Å². The first-order valence-corrected chi connectivity index (χ1v) is 10.7. The summed E-state index contributed by atoms with van der Waals surface area (Å²) in [6.45, 7) is 2.04. The van der Waals surface area contributed by atoms with Gasteiger partial charge in [-0.2, -0.15) is 0 Å². The number of benzene rings is 2. The highest BCUT2D eigenvalue weighted by Gasteiger charge is 2.15. The Hall–Kier alpha value is -2.69. The third-order valence-electron chi connectivity index (χ3n) is 5.03. The van der Waals surface area contributed by atoms with Crippen molar-refractivity contribution in [2.24, 2.45) is 0 Å². The van der Waals surface area contributed by atoms with Crippen LogP contribution in [0.3, 0.4) is 0 Å². The zero-order valence-electron chi connectivity index (χ0n) is 16.4. The third kappa shape index (κ3) is 5.07. The predicted molar refractivity (Wildman–Crippen MR) is 124 cm³/mol. The highest BCUT2D eigenvalue weighted by Crippen LogP contribution is 2.30. The number of amides is 1. The standard InChI is InChI=1S/C24H22Cl2N2O2/c25-18-14-17(15-19(26)16-18)23-10-8-20(30-23)9-11-24(29)27-21-6-2-3-7-22(21)28-12-4-1-5-13-28/h2-3,6-11,14-16H,1,4-5,12-13H2,(H,27,29)/b11-9+. The van der Waals surface area contributed by atoms with Crippen molar-refractivity contribution in [2.45, 2.75) is 19.3 Å². The minimum atomic E-state index is -0.205. The molecular formula is C24H22Cl2N2O2. The van der Waals surface area contributed by atoms with E-state index in [1.54, 1.807) is 30.3 Å². The first kappa shape index (κ1) is 20.6. The summed E-state index contributed by atoms with van der Waals surface area (Å²) in [5.41, 5.74) is 2.67. The number of halogens is 2. The number of furan rings is 1. The van der Waals surface area contributed by atoms with E-state index in [1.807, 2.05) is 24.3 Å². The molecule has 1 saturated heterocycles. The second-order valence-corrected chi connectivity index (χ2v) is 8.12. The van der Waals surface area contributed by atoms with Gasteiger partial charge < -0.3 is 14.6 Å². The molecule has 1 aliphatic heterocycles. The predicted octanol–water partition coefficient (Wildman–Crippen LogP) is 6.90. The SMILES string of the molecule is O=C(/C=C/c1ccc(-c2cc(Cl)cc(Cl)c2)o1)Nc1ccccc1N1CCCCC1. The molecule has 1 aromatic heterocycles. The van der Waals surface area contributed by atoms with Crippen LogP contribution in [-0.4, -0.2) is 19.0 Å². The van der Waals surface area contributed by atoms with Crippen molar-refractivity contribution in [1.82, 2.24) is 0 Å². The molecule has 2 aromatic carbocycles. The Morgan fingerprint density at radius 3 is 2.47 bits per heavy atom. The summed E-state index contributed by atoms with van der Waals surface area (Å²) in [5.74, 6) is 0.999.